The zero-order valence-electron chi connectivity index (χ0n) is 15.7. The van der Waals surface area contributed by atoms with Crippen LogP contribution in [0, 0.1) is 18.7 Å². The minimum atomic E-state index is -0.389. The third-order valence-corrected chi connectivity index (χ3v) is 5.53. The van der Waals surface area contributed by atoms with E-state index in [1.54, 1.807) is 17.9 Å². The van der Waals surface area contributed by atoms with E-state index in [-0.39, 0.29) is 35.8 Å². The van der Waals surface area contributed by atoms with Gasteiger partial charge in [-0.15, -0.1) is 0 Å². The maximum absolute atomic E-state index is 13.6. The van der Waals surface area contributed by atoms with Crippen LogP contribution in [0.5, 0.6) is 0 Å². The molecule has 0 spiro atoms. The Hall–Kier alpha value is -1.99. The number of aryl methyl sites for hydroxylation is 1. The summed E-state index contributed by atoms with van der Waals surface area (Å²) in [4.78, 5) is 26.7. The van der Waals surface area contributed by atoms with Crippen molar-refractivity contribution >= 4 is 11.8 Å². The first-order valence-corrected chi connectivity index (χ1v) is 9.65. The molecule has 2 aliphatic rings. The van der Waals surface area contributed by atoms with Crippen molar-refractivity contribution in [3.05, 3.63) is 35.1 Å². The maximum atomic E-state index is 13.6. The Morgan fingerprint density at radius 2 is 2.00 bits per heavy atom. The monoisotopic (exact) mass is 377 g/mol. The van der Waals surface area contributed by atoms with Crippen molar-refractivity contribution in [2.24, 2.45) is 11.7 Å². The molecule has 0 aromatic heterocycles. The van der Waals surface area contributed by atoms with Crippen molar-refractivity contribution in [1.29, 1.82) is 0 Å². The van der Waals surface area contributed by atoms with Gasteiger partial charge in [-0.1, -0.05) is 12.1 Å². The first kappa shape index (κ1) is 19.8. The van der Waals surface area contributed by atoms with Gasteiger partial charge in [-0.05, 0) is 49.8 Å². The molecule has 3 rings (SSSR count). The summed E-state index contributed by atoms with van der Waals surface area (Å²) in [5, 5.41) is 2.88. The van der Waals surface area contributed by atoms with Crippen LogP contribution in [-0.4, -0.2) is 48.6 Å². The van der Waals surface area contributed by atoms with Crippen LogP contribution in [0.4, 0.5) is 4.39 Å². The van der Waals surface area contributed by atoms with E-state index in [1.807, 2.05) is 6.07 Å². The Kier molecular flexibility index (Phi) is 6.44. The smallest absolute Gasteiger partial charge is 0.251 e. The molecule has 2 aliphatic heterocycles. The molecule has 2 atom stereocenters. The van der Waals surface area contributed by atoms with E-state index in [2.05, 4.69) is 5.32 Å². The Bertz CT molecular complexity index is 689. The molecule has 148 valence electrons. The zero-order chi connectivity index (χ0) is 19.4. The Morgan fingerprint density at radius 1 is 1.26 bits per heavy atom. The van der Waals surface area contributed by atoms with Crippen LogP contribution in [0.15, 0.2) is 18.2 Å². The zero-order valence-corrected chi connectivity index (χ0v) is 15.7. The summed E-state index contributed by atoms with van der Waals surface area (Å²) in [6, 6.07) is 4.98. The van der Waals surface area contributed by atoms with Gasteiger partial charge < -0.3 is 20.7 Å². The summed E-state index contributed by atoms with van der Waals surface area (Å²) in [5.41, 5.74) is 6.93. The number of benzene rings is 1. The van der Waals surface area contributed by atoms with Crippen molar-refractivity contribution in [3.8, 4) is 0 Å². The Morgan fingerprint density at radius 3 is 2.63 bits per heavy atom. The Labute approximate surface area is 159 Å². The number of nitrogens with two attached hydrogens (primary N) is 1. The highest BCUT2D eigenvalue weighted by molar-refractivity contribution is 5.82. The number of hydrogen-bond acceptors (Lipinski definition) is 4. The summed E-state index contributed by atoms with van der Waals surface area (Å²) in [6.07, 6.45) is 2.40. The number of likely N-dealkylation sites (tertiary alicyclic amines) is 1. The van der Waals surface area contributed by atoms with E-state index < -0.39 is 0 Å². The van der Waals surface area contributed by atoms with E-state index in [4.69, 9.17) is 10.5 Å². The van der Waals surface area contributed by atoms with E-state index in [9.17, 15) is 14.0 Å². The van der Waals surface area contributed by atoms with Crippen LogP contribution in [0.3, 0.4) is 0 Å². The number of carbonyl (C=O) groups excluding carboxylic acids is 2. The van der Waals surface area contributed by atoms with E-state index >= 15 is 0 Å². The van der Waals surface area contributed by atoms with Crippen molar-refractivity contribution in [2.75, 3.05) is 19.6 Å². The molecular weight excluding hydrogens is 349 g/mol. The van der Waals surface area contributed by atoms with Gasteiger partial charge in [0, 0.05) is 32.1 Å². The molecule has 27 heavy (non-hydrogen) atoms. The minimum absolute atomic E-state index is 0.0138. The number of hydrogen-bond donors (Lipinski definition) is 2. The highest BCUT2D eigenvalue weighted by atomic mass is 19.1. The third-order valence-electron chi connectivity index (χ3n) is 5.53. The van der Waals surface area contributed by atoms with Crippen LogP contribution < -0.4 is 11.1 Å². The van der Waals surface area contributed by atoms with Gasteiger partial charge in [0.05, 0.1) is 6.10 Å². The van der Waals surface area contributed by atoms with Gasteiger partial charge in [-0.2, -0.15) is 0 Å². The number of piperidine rings is 1. The number of ether oxygens (including phenoxy) is 1. The van der Waals surface area contributed by atoms with Crippen molar-refractivity contribution < 1.29 is 18.7 Å². The summed E-state index contributed by atoms with van der Waals surface area (Å²) >= 11 is 0. The lowest BCUT2D eigenvalue weighted by Gasteiger charge is -2.32. The average molecular weight is 377 g/mol. The van der Waals surface area contributed by atoms with Gasteiger partial charge in [0.25, 0.3) is 5.91 Å². The van der Waals surface area contributed by atoms with Gasteiger partial charge in [0.15, 0.2) is 0 Å². The van der Waals surface area contributed by atoms with Crippen LogP contribution in [0.2, 0.25) is 0 Å². The molecule has 0 unspecified atom stereocenters. The van der Waals surface area contributed by atoms with Crippen molar-refractivity contribution in [3.63, 3.8) is 0 Å². The van der Waals surface area contributed by atoms with Crippen LogP contribution in [0.25, 0.3) is 0 Å². The fourth-order valence-corrected chi connectivity index (χ4v) is 3.71. The number of nitrogens with zero attached hydrogens (tertiary/aromatic N) is 1. The fraction of sp³-hybridized carbons (Fsp3) is 0.600. The maximum Gasteiger partial charge on any atom is 0.251 e. The second kappa shape index (κ2) is 8.80. The van der Waals surface area contributed by atoms with Crippen LogP contribution in [0.1, 0.15) is 36.8 Å². The standard InChI is InChI=1S/C20H28FN3O3/c1-13-2-3-14(10-17(13)21)12-23-19(25)15-6-8-24(9-7-15)20(26)18-5-4-16(11-22)27-18/h2-3,10,15-16,18H,4-9,11-12,22H2,1H3,(H,23,25)/t16-,18+/m1/s1. The topological polar surface area (TPSA) is 84.7 Å². The predicted molar refractivity (Wildman–Crippen MR) is 99.2 cm³/mol. The quantitative estimate of drug-likeness (QED) is 0.814. The minimum Gasteiger partial charge on any atom is -0.364 e. The predicted octanol–water partition coefficient (Wildman–Crippen LogP) is 1.50. The fourth-order valence-electron chi connectivity index (χ4n) is 3.71. The molecule has 0 aliphatic carbocycles. The normalized spacial score (nSPS) is 23.4. The van der Waals surface area contributed by atoms with Gasteiger partial charge >= 0.3 is 0 Å². The first-order chi connectivity index (χ1) is 13.0. The molecule has 1 aromatic carbocycles. The SMILES string of the molecule is Cc1ccc(CNC(=O)C2CCN(C(=O)[C@@H]3CC[C@H](CN)O3)CC2)cc1F. The largest absolute Gasteiger partial charge is 0.364 e. The van der Waals surface area contributed by atoms with E-state index in [0.29, 0.717) is 51.0 Å². The molecule has 2 heterocycles. The van der Waals surface area contributed by atoms with Gasteiger partial charge in [0.1, 0.15) is 11.9 Å². The van der Waals surface area contributed by atoms with Crippen LogP contribution >= 0.6 is 0 Å². The highest BCUT2D eigenvalue weighted by Gasteiger charge is 2.35. The van der Waals surface area contributed by atoms with Gasteiger partial charge in [-0.3, -0.25) is 9.59 Å². The molecule has 7 heteroatoms. The number of rotatable bonds is 5. The van der Waals surface area contributed by atoms with E-state index in [1.165, 1.54) is 6.07 Å². The molecule has 2 fully saturated rings. The van der Waals surface area contributed by atoms with Crippen LogP contribution in [-0.2, 0) is 20.9 Å². The summed E-state index contributed by atoms with van der Waals surface area (Å²) < 4.78 is 19.3. The number of carbonyl (C=O) groups is 2. The van der Waals surface area contributed by atoms with E-state index in [0.717, 1.165) is 12.0 Å². The molecular formula is C20H28FN3O3. The molecule has 2 saturated heterocycles. The molecule has 1 aromatic rings. The number of halogens is 1. The molecule has 0 bridgehead atoms. The molecule has 0 radical (unpaired) electrons. The van der Waals surface area contributed by atoms with Gasteiger partial charge in [0.2, 0.25) is 5.91 Å². The second-order valence-electron chi connectivity index (χ2n) is 7.46. The molecule has 6 nitrogen and oxygen atoms in total. The lowest BCUT2D eigenvalue weighted by atomic mass is 9.95. The summed E-state index contributed by atoms with van der Waals surface area (Å²) in [5.74, 6) is -0.409. The molecule has 0 saturated carbocycles. The second-order valence-corrected chi connectivity index (χ2v) is 7.46. The van der Waals surface area contributed by atoms with Crippen molar-refractivity contribution in [1.82, 2.24) is 10.2 Å². The summed E-state index contributed by atoms with van der Waals surface area (Å²) in [7, 11) is 0. The number of nitrogens with one attached hydrogen (secondary N) is 1. The Balaban J connectivity index is 1.43. The van der Waals surface area contributed by atoms with Gasteiger partial charge in [-0.25, -0.2) is 4.39 Å². The highest BCUT2D eigenvalue weighted by Crippen LogP contribution is 2.24. The first-order valence-electron chi connectivity index (χ1n) is 9.65. The summed E-state index contributed by atoms with van der Waals surface area (Å²) in [6.45, 7) is 3.58. The molecule has 2 amide bonds. The average Bonchev–Trinajstić information content (AvgIpc) is 3.17. The lowest BCUT2D eigenvalue weighted by Crippen LogP contribution is -2.46. The molecule has 3 N–H and O–H groups in total. The lowest BCUT2D eigenvalue weighted by molar-refractivity contribution is -0.145. The third kappa shape index (κ3) is 4.84. The number of amides is 2. The van der Waals surface area contributed by atoms with Crippen molar-refractivity contribution in [2.45, 2.75) is 51.4 Å².